The Hall–Kier alpha value is -2.96. The lowest BCUT2D eigenvalue weighted by atomic mass is 9.93. The van der Waals surface area contributed by atoms with E-state index in [1.165, 1.54) is 11.1 Å². The summed E-state index contributed by atoms with van der Waals surface area (Å²) in [6.07, 6.45) is 4.89. The Kier molecular flexibility index (Phi) is 6.49. The zero-order valence-corrected chi connectivity index (χ0v) is 18.5. The van der Waals surface area contributed by atoms with Crippen molar-refractivity contribution in [2.75, 3.05) is 12.8 Å². The SMILES string of the molecule is CONC(C)CCCn1cnc2c(N)nc3cc(C(C)Cc4ccccc4)ccc3c21. The number of nitrogens with zero attached hydrogens (tertiary/aromatic N) is 3. The summed E-state index contributed by atoms with van der Waals surface area (Å²) in [6, 6.07) is 17.5. The van der Waals surface area contributed by atoms with Crippen molar-refractivity contribution in [1.82, 2.24) is 20.0 Å². The molecule has 0 fully saturated rings. The number of fused-ring (bicyclic) bond motifs is 3. The Morgan fingerprint density at radius 2 is 1.94 bits per heavy atom. The van der Waals surface area contributed by atoms with Crippen molar-refractivity contribution in [3.63, 3.8) is 0 Å². The summed E-state index contributed by atoms with van der Waals surface area (Å²) in [5.41, 5.74) is 14.7. The quantitative estimate of drug-likeness (QED) is 0.381. The van der Waals surface area contributed by atoms with Crippen LogP contribution in [0.5, 0.6) is 0 Å². The molecule has 4 aromatic rings. The van der Waals surface area contributed by atoms with Gasteiger partial charge in [0.1, 0.15) is 5.52 Å². The Labute approximate surface area is 183 Å². The third-order valence-electron chi connectivity index (χ3n) is 5.91. The summed E-state index contributed by atoms with van der Waals surface area (Å²) in [5, 5.41) is 1.10. The first-order valence-corrected chi connectivity index (χ1v) is 10.9. The Balaban J connectivity index is 1.61. The van der Waals surface area contributed by atoms with Crippen LogP contribution >= 0.6 is 0 Å². The highest BCUT2D eigenvalue weighted by Crippen LogP contribution is 2.30. The molecule has 0 radical (unpaired) electrons. The van der Waals surface area contributed by atoms with E-state index in [9.17, 15) is 0 Å². The van der Waals surface area contributed by atoms with E-state index in [1.807, 2.05) is 6.33 Å². The molecule has 0 aliphatic heterocycles. The van der Waals surface area contributed by atoms with Gasteiger partial charge in [-0.3, -0.25) is 0 Å². The van der Waals surface area contributed by atoms with E-state index in [2.05, 4.69) is 82.4 Å². The van der Waals surface area contributed by atoms with Crippen molar-refractivity contribution in [3.05, 3.63) is 66.0 Å². The molecule has 3 N–H and O–H groups in total. The number of hydrogen-bond acceptors (Lipinski definition) is 5. The van der Waals surface area contributed by atoms with Crippen LogP contribution in [0.15, 0.2) is 54.9 Å². The van der Waals surface area contributed by atoms with Crippen LogP contribution in [0.2, 0.25) is 0 Å². The highest BCUT2D eigenvalue weighted by Gasteiger charge is 2.15. The molecule has 0 bridgehead atoms. The molecule has 2 aromatic carbocycles. The van der Waals surface area contributed by atoms with Crippen molar-refractivity contribution in [3.8, 4) is 0 Å². The van der Waals surface area contributed by atoms with E-state index in [-0.39, 0.29) is 0 Å². The number of nitrogens with two attached hydrogens (primary N) is 1. The van der Waals surface area contributed by atoms with Gasteiger partial charge in [-0.1, -0.05) is 49.4 Å². The van der Waals surface area contributed by atoms with Crippen molar-refractivity contribution in [2.24, 2.45) is 0 Å². The zero-order chi connectivity index (χ0) is 21.8. The van der Waals surface area contributed by atoms with Crippen molar-refractivity contribution >= 4 is 27.8 Å². The second-order valence-corrected chi connectivity index (χ2v) is 8.36. The average molecular weight is 418 g/mol. The topological polar surface area (TPSA) is 78.0 Å². The number of hydroxylamine groups is 1. The predicted molar refractivity (Wildman–Crippen MR) is 127 cm³/mol. The largest absolute Gasteiger partial charge is 0.382 e. The van der Waals surface area contributed by atoms with Crippen LogP contribution in [0.25, 0.3) is 21.9 Å². The van der Waals surface area contributed by atoms with Gasteiger partial charge in [-0.05, 0) is 49.3 Å². The minimum Gasteiger partial charge on any atom is -0.382 e. The number of anilines is 1. The molecule has 0 spiro atoms. The van der Waals surface area contributed by atoms with Gasteiger partial charge in [-0.15, -0.1) is 0 Å². The molecule has 31 heavy (non-hydrogen) atoms. The van der Waals surface area contributed by atoms with Crippen molar-refractivity contribution in [2.45, 2.75) is 51.6 Å². The van der Waals surface area contributed by atoms with Gasteiger partial charge in [-0.25, -0.2) is 15.4 Å². The maximum Gasteiger partial charge on any atom is 0.152 e. The summed E-state index contributed by atoms with van der Waals surface area (Å²) in [4.78, 5) is 14.2. The summed E-state index contributed by atoms with van der Waals surface area (Å²) in [5.74, 6) is 0.883. The van der Waals surface area contributed by atoms with Crippen LogP contribution in [0.4, 0.5) is 5.82 Å². The van der Waals surface area contributed by atoms with Crippen LogP contribution in [-0.2, 0) is 17.8 Å². The first-order chi connectivity index (χ1) is 15.1. The molecule has 2 heterocycles. The zero-order valence-electron chi connectivity index (χ0n) is 18.5. The fourth-order valence-corrected chi connectivity index (χ4v) is 4.27. The summed E-state index contributed by atoms with van der Waals surface area (Å²) in [6.45, 7) is 5.25. The first kappa shape index (κ1) is 21.3. The maximum absolute atomic E-state index is 6.29. The Morgan fingerprint density at radius 3 is 2.71 bits per heavy atom. The van der Waals surface area contributed by atoms with Gasteiger partial charge in [0.05, 0.1) is 24.5 Å². The predicted octanol–water partition coefficient (Wildman–Crippen LogP) is 4.83. The highest BCUT2D eigenvalue weighted by molar-refractivity contribution is 6.06. The molecule has 0 amide bonds. The molecule has 2 atom stereocenters. The monoisotopic (exact) mass is 417 g/mol. The second-order valence-electron chi connectivity index (χ2n) is 8.36. The fourth-order valence-electron chi connectivity index (χ4n) is 4.27. The maximum atomic E-state index is 6.29. The molecule has 6 heteroatoms. The standard InChI is InChI=1S/C25H31N5O/c1-17(14-19-9-5-4-6-10-19)20-11-12-21-22(15-20)28-25(26)23-24(21)30(16-27-23)13-7-8-18(2)29-31-3/h4-6,9-12,15-18,29H,7-8,13-14H2,1-3H3,(H2,26,28). The smallest absolute Gasteiger partial charge is 0.152 e. The van der Waals surface area contributed by atoms with Gasteiger partial charge in [0.15, 0.2) is 5.82 Å². The van der Waals surface area contributed by atoms with E-state index < -0.39 is 0 Å². The fraction of sp³-hybridized carbons (Fsp3) is 0.360. The molecule has 2 aromatic heterocycles. The third-order valence-corrected chi connectivity index (χ3v) is 5.91. The van der Waals surface area contributed by atoms with Gasteiger partial charge in [0, 0.05) is 18.0 Å². The van der Waals surface area contributed by atoms with E-state index in [0.29, 0.717) is 17.8 Å². The van der Waals surface area contributed by atoms with Gasteiger partial charge in [0.25, 0.3) is 0 Å². The van der Waals surface area contributed by atoms with Gasteiger partial charge >= 0.3 is 0 Å². The number of nitrogen functional groups attached to an aromatic ring is 1. The van der Waals surface area contributed by atoms with Gasteiger partial charge < -0.3 is 15.1 Å². The molecule has 0 saturated heterocycles. The van der Waals surface area contributed by atoms with E-state index in [1.54, 1.807) is 7.11 Å². The number of pyridine rings is 1. The molecule has 4 rings (SSSR count). The van der Waals surface area contributed by atoms with Crippen molar-refractivity contribution < 1.29 is 4.84 Å². The number of rotatable bonds is 9. The Morgan fingerprint density at radius 1 is 1.13 bits per heavy atom. The molecule has 0 aliphatic rings. The Bertz CT molecular complexity index is 1150. The van der Waals surface area contributed by atoms with Crippen LogP contribution in [0, 0.1) is 0 Å². The molecule has 6 nitrogen and oxygen atoms in total. The number of benzene rings is 2. The number of hydrogen-bond donors (Lipinski definition) is 2. The van der Waals surface area contributed by atoms with E-state index in [4.69, 9.17) is 10.6 Å². The number of imidazole rings is 1. The summed E-state index contributed by atoms with van der Waals surface area (Å²) in [7, 11) is 1.65. The van der Waals surface area contributed by atoms with Gasteiger partial charge in [0.2, 0.25) is 0 Å². The molecular formula is C25H31N5O. The van der Waals surface area contributed by atoms with E-state index in [0.717, 1.165) is 47.7 Å². The highest BCUT2D eigenvalue weighted by atomic mass is 16.6. The third kappa shape index (κ3) is 4.70. The van der Waals surface area contributed by atoms with Crippen LogP contribution < -0.4 is 11.2 Å². The van der Waals surface area contributed by atoms with Crippen LogP contribution in [0.1, 0.15) is 43.7 Å². The number of aromatic nitrogens is 3. The average Bonchev–Trinajstić information content (AvgIpc) is 3.19. The molecular weight excluding hydrogens is 386 g/mol. The molecule has 0 saturated carbocycles. The lowest BCUT2D eigenvalue weighted by Gasteiger charge is -2.14. The summed E-state index contributed by atoms with van der Waals surface area (Å²) < 4.78 is 2.20. The lowest BCUT2D eigenvalue weighted by Crippen LogP contribution is -2.24. The molecule has 162 valence electrons. The molecule has 2 unspecified atom stereocenters. The lowest BCUT2D eigenvalue weighted by molar-refractivity contribution is 0.0626. The second kappa shape index (κ2) is 9.45. The first-order valence-electron chi connectivity index (χ1n) is 10.9. The summed E-state index contributed by atoms with van der Waals surface area (Å²) >= 11 is 0. The van der Waals surface area contributed by atoms with Crippen LogP contribution in [-0.4, -0.2) is 27.7 Å². The van der Waals surface area contributed by atoms with Crippen molar-refractivity contribution in [1.29, 1.82) is 0 Å². The molecule has 0 aliphatic carbocycles. The van der Waals surface area contributed by atoms with E-state index >= 15 is 0 Å². The van der Waals surface area contributed by atoms with Gasteiger partial charge in [-0.2, -0.15) is 0 Å². The normalized spacial score (nSPS) is 13.6. The van der Waals surface area contributed by atoms with Crippen LogP contribution in [0.3, 0.4) is 0 Å². The number of aryl methyl sites for hydroxylation is 1. The number of nitrogens with one attached hydrogen (secondary N) is 1. The minimum absolute atomic E-state index is 0.303. The minimum atomic E-state index is 0.303.